The highest BCUT2D eigenvalue weighted by Crippen LogP contribution is 2.30. The van der Waals surface area contributed by atoms with E-state index in [-0.39, 0.29) is 12.3 Å². The summed E-state index contributed by atoms with van der Waals surface area (Å²) in [6.07, 6.45) is 0.280. The molecule has 5 heteroatoms. The third-order valence-electron chi connectivity index (χ3n) is 3.91. The van der Waals surface area contributed by atoms with Crippen LogP contribution in [0.15, 0.2) is 18.2 Å². The highest BCUT2D eigenvalue weighted by atomic mass is 16.2. The molecule has 2 rings (SSSR count). The van der Waals surface area contributed by atoms with Crippen molar-refractivity contribution in [1.29, 1.82) is 5.26 Å². The van der Waals surface area contributed by atoms with Gasteiger partial charge in [-0.25, -0.2) is 0 Å². The Morgan fingerprint density at radius 1 is 1.40 bits per heavy atom. The molecule has 1 aliphatic heterocycles. The number of carbonyl (C=O) groups excluding carboxylic acids is 1. The Balaban J connectivity index is 2.39. The maximum Gasteiger partial charge on any atom is 0.247 e. The molecule has 1 aliphatic rings. The number of nitrogen functional groups attached to an aromatic ring is 1. The highest BCUT2D eigenvalue weighted by Gasteiger charge is 2.40. The topological polar surface area (TPSA) is 73.4 Å². The van der Waals surface area contributed by atoms with Gasteiger partial charge in [0.05, 0.1) is 12.5 Å². The minimum atomic E-state index is -0.590. The molecule has 1 aromatic carbocycles. The lowest BCUT2D eigenvalue weighted by atomic mass is 9.96. The molecular weight excluding hydrogens is 252 g/mol. The van der Waals surface area contributed by atoms with Gasteiger partial charge in [-0.3, -0.25) is 4.79 Å². The predicted molar refractivity (Wildman–Crippen MR) is 79.2 cm³/mol. The van der Waals surface area contributed by atoms with Crippen LogP contribution in [0.25, 0.3) is 0 Å². The van der Waals surface area contributed by atoms with Crippen molar-refractivity contribution in [1.82, 2.24) is 4.90 Å². The van der Waals surface area contributed by atoms with E-state index in [0.29, 0.717) is 12.2 Å². The predicted octanol–water partition coefficient (Wildman–Crippen LogP) is 1.39. The van der Waals surface area contributed by atoms with Crippen LogP contribution in [0.3, 0.4) is 0 Å². The summed E-state index contributed by atoms with van der Waals surface area (Å²) in [5, 5.41) is 8.84. The Morgan fingerprint density at radius 2 is 2.10 bits per heavy atom. The Hall–Kier alpha value is -2.22. The zero-order valence-electron chi connectivity index (χ0n) is 12.2. The van der Waals surface area contributed by atoms with Crippen molar-refractivity contribution < 1.29 is 4.79 Å². The van der Waals surface area contributed by atoms with E-state index < -0.39 is 5.54 Å². The van der Waals surface area contributed by atoms with E-state index >= 15 is 0 Å². The lowest BCUT2D eigenvalue weighted by molar-refractivity contribution is -0.136. The van der Waals surface area contributed by atoms with Gasteiger partial charge in [0.25, 0.3) is 0 Å². The fourth-order valence-electron chi connectivity index (χ4n) is 2.66. The van der Waals surface area contributed by atoms with E-state index in [1.54, 1.807) is 11.0 Å². The summed E-state index contributed by atoms with van der Waals surface area (Å²) in [4.78, 5) is 16.1. The zero-order valence-corrected chi connectivity index (χ0v) is 12.2. The van der Waals surface area contributed by atoms with Gasteiger partial charge in [-0.05, 0) is 37.6 Å². The van der Waals surface area contributed by atoms with Gasteiger partial charge in [0, 0.05) is 31.5 Å². The SMILES string of the molecule is CN1CCN(c2ccc(N)c(CC#N)c2)C(C)(C)C1=O. The molecule has 1 aromatic rings. The van der Waals surface area contributed by atoms with Crippen LogP contribution < -0.4 is 10.6 Å². The number of rotatable bonds is 2. The standard InChI is InChI=1S/C15H20N4O/c1-15(2)14(20)18(3)8-9-19(15)12-4-5-13(17)11(10-12)6-7-16/h4-5,10H,6,8-9,17H2,1-3H3. The third kappa shape index (κ3) is 2.29. The molecule has 2 N–H and O–H groups in total. The molecular formula is C15H20N4O. The molecule has 0 aliphatic carbocycles. The number of benzene rings is 1. The Bertz CT molecular complexity index is 574. The molecule has 0 radical (unpaired) electrons. The minimum Gasteiger partial charge on any atom is -0.398 e. The summed E-state index contributed by atoms with van der Waals surface area (Å²) in [5.41, 5.74) is 7.66. The zero-order chi connectivity index (χ0) is 14.9. The Kier molecular flexibility index (Phi) is 3.58. The van der Waals surface area contributed by atoms with Gasteiger partial charge in [-0.1, -0.05) is 0 Å². The largest absolute Gasteiger partial charge is 0.398 e. The summed E-state index contributed by atoms with van der Waals surface area (Å²) in [6, 6.07) is 7.75. The van der Waals surface area contributed by atoms with Crippen molar-refractivity contribution in [2.75, 3.05) is 30.8 Å². The monoisotopic (exact) mass is 272 g/mol. The third-order valence-corrected chi connectivity index (χ3v) is 3.91. The maximum atomic E-state index is 12.3. The maximum absolute atomic E-state index is 12.3. The fourth-order valence-corrected chi connectivity index (χ4v) is 2.66. The first-order valence-corrected chi connectivity index (χ1v) is 6.66. The average molecular weight is 272 g/mol. The Labute approximate surface area is 119 Å². The molecule has 0 unspecified atom stereocenters. The number of hydrogen-bond donors (Lipinski definition) is 1. The van der Waals surface area contributed by atoms with E-state index in [0.717, 1.165) is 17.8 Å². The van der Waals surface area contributed by atoms with Crippen LogP contribution >= 0.6 is 0 Å². The summed E-state index contributed by atoms with van der Waals surface area (Å²) >= 11 is 0. The average Bonchev–Trinajstić information content (AvgIpc) is 2.40. The molecule has 1 heterocycles. The van der Waals surface area contributed by atoms with Gasteiger partial charge in [-0.15, -0.1) is 0 Å². The molecule has 5 nitrogen and oxygen atoms in total. The number of likely N-dealkylation sites (N-methyl/N-ethyl adjacent to an activating group) is 1. The van der Waals surface area contributed by atoms with Crippen molar-refractivity contribution in [2.45, 2.75) is 25.8 Å². The molecule has 1 fully saturated rings. The van der Waals surface area contributed by atoms with Crippen LogP contribution in [0, 0.1) is 11.3 Å². The second-order valence-electron chi connectivity index (χ2n) is 5.66. The van der Waals surface area contributed by atoms with Crippen LogP contribution in [0.5, 0.6) is 0 Å². The van der Waals surface area contributed by atoms with Crippen molar-refractivity contribution in [2.24, 2.45) is 0 Å². The van der Waals surface area contributed by atoms with Crippen LogP contribution in [-0.2, 0) is 11.2 Å². The van der Waals surface area contributed by atoms with Crippen LogP contribution in [0.4, 0.5) is 11.4 Å². The summed E-state index contributed by atoms with van der Waals surface area (Å²) in [6.45, 7) is 5.31. The molecule has 0 saturated carbocycles. The van der Waals surface area contributed by atoms with Gasteiger partial charge in [-0.2, -0.15) is 5.26 Å². The summed E-state index contributed by atoms with van der Waals surface area (Å²) in [7, 11) is 1.82. The molecule has 0 spiro atoms. The molecule has 106 valence electrons. The first kappa shape index (κ1) is 14.2. The van der Waals surface area contributed by atoms with Gasteiger partial charge in [0.2, 0.25) is 5.91 Å². The minimum absolute atomic E-state index is 0.0995. The number of nitrogens with two attached hydrogens (primary N) is 1. The number of carbonyl (C=O) groups is 1. The second kappa shape index (κ2) is 5.04. The summed E-state index contributed by atoms with van der Waals surface area (Å²) < 4.78 is 0. The van der Waals surface area contributed by atoms with Gasteiger partial charge < -0.3 is 15.5 Å². The number of piperazine rings is 1. The van der Waals surface area contributed by atoms with E-state index in [1.165, 1.54) is 0 Å². The van der Waals surface area contributed by atoms with Crippen LogP contribution in [0.1, 0.15) is 19.4 Å². The quantitative estimate of drug-likeness (QED) is 0.826. The van der Waals surface area contributed by atoms with Crippen molar-refractivity contribution in [3.05, 3.63) is 23.8 Å². The summed E-state index contributed by atoms with van der Waals surface area (Å²) in [5.74, 6) is 0.0995. The van der Waals surface area contributed by atoms with Crippen molar-refractivity contribution in [3.8, 4) is 6.07 Å². The number of nitriles is 1. The number of hydrogen-bond acceptors (Lipinski definition) is 4. The highest BCUT2D eigenvalue weighted by molar-refractivity contribution is 5.90. The Morgan fingerprint density at radius 3 is 2.75 bits per heavy atom. The van der Waals surface area contributed by atoms with Crippen molar-refractivity contribution >= 4 is 17.3 Å². The van der Waals surface area contributed by atoms with Crippen molar-refractivity contribution in [3.63, 3.8) is 0 Å². The lowest BCUT2D eigenvalue weighted by Gasteiger charge is -2.46. The smallest absolute Gasteiger partial charge is 0.247 e. The molecule has 0 bridgehead atoms. The first-order chi connectivity index (χ1) is 9.37. The van der Waals surface area contributed by atoms with Gasteiger partial charge >= 0.3 is 0 Å². The van der Waals surface area contributed by atoms with Crippen LogP contribution in [0.2, 0.25) is 0 Å². The van der Waals surface area contributed by atoms with E-state index in [9.17, 15) is 4.79 Å². The number of nitrogens with zero attached hydrogens (tertiary/aromatic N) is 3. The molecule has 0 aromatic heterocycles. The number of amides is 1. The van der Waals surface area contributed by atoms with Gasteiger partial charge in [0.15, 0.2) is 0 Å². The molecule has 1 amide bonds. The van der Waals surface area contributed by atoms with Gasteiger partial charge in [0.1, 0.15) is 5.54 Å². The lowest BCUT2D eigenvalue weighted by Crippen LogP contribution is -2.62. The van der Waals surface area contributed by atoms with E-state index in [1.807, 2.05) is 33.0 Å². The molecule has 20 heavy (non-hydrogen) atoms. The van der Waals surface area contributed by atoms with E-state index in [4.69, 9.17) is 11.0 Å². The fraction of sp³-hybridized carbons (Fsp3) is 0.467. The van der Waals surface area contributed by atoms with E-state index in [2.05, 4.69) is 11.0 Å². The number of anilines is 2. The molecule has 0 atom stereocenters. The van der Waals surface area contributed by atoms with Crippen LogP contribution in [-0.4, -0.2) is 36.5 Å². The molecule has 1 saturated heterocycles. The second-order valence-corrected chi connectivity index (χ2v) is 5.66. The normalized spacial score (nSPS) is 18.0. The first-order valence-electron chi connectivity index (χ1n) is 6.66.